The van der Waals surface area contributed by atoms with Crippen molar-refractivity contribution in [3.63, 3.8) is 0 Å². The van der Waals surface area contributed by atoms with E-state index >= 15 is 0 Å². The summed E-state index contributed by atoms with van der Waals surface area (Å²) in [4.78, 5) is 15.1. The van der Waals surface area contributed by atoms with Crippen LogP contribution in [0.4, 0.5) is 5.69 Å². The van der Waals surface area contributed by atoms with Crippen molar-refractivity contribution in [3.05, 3.63) is 30.9 Å². The number of H-pyrrole nitrogens is 1. The zero-order valence-corrected chi connectivity index (χ0v) is 10.1. The number of nitrogens with two attached hydrogens (primary N) is 1. The van der Waals surface area contributed by atoms with Gasteiger partial charge in [-0.2, -0.15) is 4.98 Å². The Morgan fingerprint density at radius 2 is 2.05 bits per heavy atom. The molecule has 0 unspecified atom stereocenters. The van der Waals surface area contributed by atoms with E-state index in [1.54, 1.807) is 25.3 Å². The molecule has 0 aliphatic heterocycles. The normalized spacial score (nSPS) is 10.6. The van der Waals surface area contributed by atoms with Gasteiger partial charge in [-0.3, -0.25) is 0 Å². The highest BCUT2D eigenvalue weighted by atomic mass is 16.5. The lowest BCUT2D eigenvalue weighted by molar-refractivity contribution is 0.375. The van der Waals surface area contributed by atoms with Gasteiger partial charge in [-0.15, -0.1) is 0 Å². The third-order valence-corrected chi connectivity index (χ3v) is 2.58. The van der Waals surface area contributed by atoms with E-state index in [2.05, 4.69) is 19.9 Å². The summed E-state index contributed by atoms with van der Waals surface area (Å²) in [6.45, 7) is 0. The van der Waals surface area contributed by atoms with E-state index in [1.807, 2.05) is 0 Å². The van der Waals surface area contributed by atoms with Crippen LogP contribution in [0.25, 0.3) is 11.2 Å². The van der Waals surface area contributed by atoms with Crippen LogP contribution in [-0.2, 0) is 0 Å². The summed E-state index contributed by atoms with van der Waals surface area (Å²) in [5, 5.41) is 0. The number of imidazole rings is 1. The Balaban J connectivity index is 2.05. The molecule has 1 aromatic carbocycles. The number of rotatable bonds is 3. The van der Waals surface area contributed by atoms with Gasteiger partial charge in [0.2, 0.25) is 5.88 Å². The van der Waals surface area contributed by atoms with Gasteiger partial charge >= 0.3 is 0 Å². The molecule has 3 N–H and O–H groups in total. The lowest BCUT2D eigenvalue weighted by Gasteiger charge is -2.10. The van der Waals surface area contributed by atoms with Crippen LogP contribution >= 0.6 is 0 Å². The Hall–Kier alpha value is -2.83. The molecule has 0 amide bonds. The maximum absolute atomic E-state index is 5.74. The Morgan fingerprint density at radius 3 is 2.89 bits per heavy atom. The average molecular weight is 257 g/mol. The van der Waals surface area contributed by atoms with Gasteiger partial charge in [0.15, 0.2) is 17.1 Å². The fourth-order valence-corrected chi connectivity index (χ4v) is 1.70. The first kappa shape index (κ1) is 11.3. The fraction of sp³-hybridized carbons (Fsp3) is 0.0833. The summed E-state index contributed by atoms with van der Waals surface area (Å²) < 4.78 is 10.9. The zero-order chi connectivity index (χ0) is 13.2. The third-order valence-electron chi connectivity index (χ3n) is 2.58. The van der Waals surface area contributed by atoms with Crippen molar-refractivity contribution in [1.82, 2.24) is 19.9 Å². The summed E-state index contributed by atoms with van der Waals surface area (Å²) in [6, 6.07) is 5.14. The predicted molar refractivity (Wildman–Crippen MR) is 69.2 cm³/mol. The highest BCUT2D eigenvalue weighted by Gasteiger charge is 2.11. The van der Waals surface area contributed by atoms with Crippen molar-refractivity contribution < 1.29 is 9.47 Å². The number of aromatic nitrogens is 4. The number of hydrogen-bond acceptors (Lipinski definition) is 6. The molecule has 0 aliphatic rings. The zero-order valence-electron chi connectivity index (χ0n) is 10.1. The second-order valence-corrected chi connectivity index (χ2v) is 3.79. The molecule has 7 nitrogen and oxygen atoms in total. The summed E-state index contributed by atoms with van der Waals surface area (Å²) in [7, 11) is 1.56. The minimum atomic E-state index is 0.367. The van der Waals surface area contributed by atoms with Crippen LogP contribution < -0.4 is 15.2 Å². The second kappa shape index (κ2) is 4.45. The predicted octanol–water partition coefficient (Wildman–Crippen LogP) is 1.74. The molecule has 2 heterocycles. The van der Waals surface area contributed by atoms with Gasteiger partial charge in [0, 0.05) is 11.8 Å². The third kappa shape index (κ3) is 2.01. The van der Waals surface area contributed by atoms with E-state index in [9.17, 15) is 0 Å². The van der Waals surface area contributed by atoms with Crippen molar-refractivity contribution in [3.8, 4) is 17.4 Å². The molecule has 0 saturated heterocycles. The van der Waals surface area contributed by atoms with Gasteiger partial charge in [0.25, 0.3) is 0 Å². The molecule has 96 valence electrons. The van der Waals surface area contributed by atoms with Crippen LogP contribution in [-0.4, -0.2) is 27.0 Å². The number of nitrogens with one attached hydrogen (secondary N) is 1. The summed E-state index contributed by atoms with van der Waals surface area (Å²) in [5.74, 6) is 1.42. The van der Waals surface area contributed by atoms with Crippen LogP contribution in [0.5, 0.6) is 17.4 Å². The molecular weight excluding hydrogens is 246 g/mol. The van der Waals surface area contributed by atoms with Gasteiger partial charge in [-0.05, 0) is 12.1 Å². The van der Waals surface area contributed by atoms with Crippen molar-refractivity contribution in [2.24, 2.45) is 0 Å². The van der Waals surface area contributed by atoms with Crippen LogP contribution in [0.3, 0.4) is 0 Å². The van der Waals surface area contributed by atoms with Gasteiger partial charge in [0.05, 0.1) is 13.4 Å². The summed E-state index contributed by atoms with van der Waals surface area (Å²) >= 11 is 0. The molecule has 0 radical (unpaired) electrons. The molecule has 7 heteroatoms. The van der Waals surface area contributed by atoms with E-state index < -0.39 is 0 Å². The van der Waals surface area contributed by atoms with Gasteiger partial charge in [-0.1, -0.05) is 0 Å². The smallest absolute Gasteiger partial charge is 0.248 e. The first-order chi connectivity index (χ1) is 9.28. The quantitative estimate of drug-likeness (QED) is 0.693. The van der Waals surface area contributed by atoms with E-state index in [0.29, 0.717) is 34.2 Å². The minimum absolute atomic E-state index is 0.367. The first-order valence-electron chi connectivity index (χ1n) is 5.53. The Kier molecular flexibility index (Phi) is 2.64. The fourth-order valence-electron chi connectivity index (χ4n) is 1.70. The SMILES string of the molecule is COc1ccc(N)cc1Oc1ncnc2nc[nH]c12. The molecule has 19 heavy (non-hydrogen) atoms. The number of hydrogen-bond donors (Lipinski definition) is 2. The molecule has 0 bridgehead atoms. The van der Waals surface area contributed by atoms with E-state index in [4.69, 9.17) is 15.2 Å². The van der Waals surface area contributed by atoms with Crippen molar-refractivity contribution >= 4 is 16.9 Å². The molecule has 0 saturated carbocycles. The maximum Gasteiger partial charge on any atom is 0.248 e. The van der Waals surface area contributed by atoms with Crippen molar-refractivity contribution in [2.75, 3.05) is 12.8 Å². The topological polar surface area (TPSA) is 98.9 Å². The van der Waals surface area contributed by atoms with E-state index in [1.165, 1.54) is 12.7 Å². The molecule has 0 spiro atoms. The maximum atomic E-state index is 5.74. The lowest BCUT2D eigenvalue weighted by atomic mass is 10.3. The molecule has 0 aliphatic carbocycles. The van der Waals surface area contributed by atoms with Gasteiger partial charge in [-0.25, -0.2) is 9.97 Å². The van der Waals surface area contributed by atoms with Gasteiger partial charge < -0.3 is 20.2 Å². The first-order valence-corrected chi connectivity index (χ1v) is 5.53. The average Bonchev–Trinajstić information content (AvgIpc) is 2.88. The molecule has 3 aromatic rings. The van der Waals surface area contributed by atoms with E-state index in [-0.39, 0.29) is 0 Å². The molecule has 3 rings (SSSR count). The molecule has 0 atom stereocenters. The number of nitrogen functional groups attached to an aromatic ring is 1. The number of aromatic amines is 1. The van der Waals surface area contributed by atoms with Crippen molar-refractivity contribution in [1.29, 1.82) is 0 Å². The minimum Gasteiger partial charge on any atom is -0.493 e. The van der Waals surface area contributed by atoms with Crippen LogP contribution in [0, 0.1) is 0 Å². The Morgan fingerprint density at radius 1 is 1.16 bits per heavy atom. The van der Waals surface area contributed by atoms with Crippen molar-refractivity contribution in [2.45, 2.75) is 0 Å². The number of ether oxygens (including phenoxy) is 2. The highest BCUT2D eigenvalue weighted by Crippen LogP contribution is 2.33. The Labute approximate surface area is 108 Å². The van der Waals surface area contributed by atoms with Crippen LogP contribution in [0.1, 0.15) is 0 Å². The molecular formula is C12H11N5O2. The summed E-state index contributed by atoms with van der Waals surface area (Å²) in [5.41, 5.74) is 7.47. The summed E-state index contributed by atoms with van der Waals surface area (Å²) in [6.07, 6.45) is 2.92. The molecule has 0 fully saturated rings. The van der Waals surface area contributed by atoms with Crippen LogP contribution in [0.2, 0.25) is 0 Å². The number of fused-ring (bicyclic) bond motifs is 1. The number of anilines is 1. The second-order valence-electron chi connectivity index (χ2n) is 3.79. The number of nitrogens with zero attached hydrogens (tertiary/aromatic N) is 3. The van der Waals surface area contributed by atoms with E-state index in [0.717, 1.165) is 0 Å². The molecule has 2 aromatic heterocycles. The van der Waals surface area contributed by atoms with Gasteiger partial charge in [0.1, 0.15) is 11.8 Å². The number of benzene rings is 1. The monoisotopic (exact) mass is 257 g/mol. The van der Waals surface area contributed by atoms with Crippen LogP contribution in [0.15, 0.2) is 30.9 Å². The largest absolute Gasteiger partial charge is 0.493 e. The highest BCUT2D eigenvalue weighted by molar-refractivity contribution is 5.75. The standard InChI is InChI=1S/C12H11N5O2/c1-18-8-3-2-7(13)4-9(8)19-12-10-11(15-5-14-10)16-6-17-12/h2-6H,13H2,1H3,(H,14,15,16,17). The number of methoxy groups -OCH3 is 1. The lowest BCUT2D eigenvalue weighted by Crippen LogP contribution is -1.95. The Bertz CT molecular complexity index is 725.